The van der Waals surface area contributed by atoms with Crippen molar-refractivity contribution in [3.8, 4) is 0 Å². The molecule has 1 unspecified atom stereocenters. The van der Waals surface area contributed by atoms with Crippen LogP contribution in [0.15, 0.2) is 18.2 Å². The molecule has 6 heteroatoms. The van der Waals surface area contributed by atoms with Crippen molar-refractivity contribution in [2.45, 2.75) is 26.8 Å². The van der Waals surface area contributed by atoms with E-state index in [0.29, 0.717) is 0 Å². The van der Waals surface area contributed by atoms with Crippen LogP contribution in [0.3, 0.4) is 0 Å². The zero-order chi connectivity index (χ0) is 16.9. The summed E-state index contributed by atoms with van der Waals surface area (Å²) >= 11 is 0. The lowest BCUT2D eigenvalue weighted by Crippen LogP contribution is -2.49. The van der Waals surface area contributed by atoms with Crippen LogP contribution in [-0.2, 0) is 14.3 Å². The Balaban J connectivity index is 3.22. The number of nitrogens with zero attached hydrogens (tertiary/aromatic N) is 2. The summed E-state index contributed by atoms with van der Waals surface area (Å²) in [5.41, 5.74) is 5.57. The van der Waals surface area contributed by atoms with Gasteiger partial charge in [-0.05, 0) is 31.9 Å². The van der Waals surface area contributed by atoms with E-state index < -0.39 is 12.0 Å². The molecule has 1 rings (SSSR count). The van der Waals surface area contributed by atoms with Crippen molar-refractivity contribution < 1.29 is 14.3 Å². The molecule has 22 heavy (non-hydrogen) atoms. The van der Waals surface area contributed by atoms with Crippen LogP contribution in [0.25, 0.3) is 0 Å². The number of aryl methyl sites for hydroxylation is 2. The van der Waals surface area contributed by atoms with Gasteiger partial charge in [-0.1, -0.05) is 18.2 Å². The van der Waals surface area contributed by atoms with Crippen molar-refractivity contribution in [3.05, 3.63) is 29.3 Å². The molecule has 0 aromatic heterocycles. The number of anilines is 1. The quantitative estimate of drug-likeness (QED) is 0.633. The monoisotopic (exact) mass is 307 g/mol. The van der Waals surface area contributed by atoms with Gasteiger partial charge in [0.15, 0.2) is 0 Å². The van der Waals surface area contributed by atoms with Gasteiger partial charge in [0.25, 0.3) is 0 Å². The fourth-order valence-electron chi connectivity index (χ4n) is 2.31. The van der Waals surface area contributed by atoms with Crippen LogP contribution in [0.5, 0.6) is 0 Å². The Bertz CT molecular complexity index is 523. The first kappa shape index (κ1) is 18.1. The summed E-state index contributed by atoms with van der Waals surface area (Å²) in [6.07, 6.45) is 0. The standard InChI is InChI=1S/C16H25N3O3/c1-11-8-7-9-12(2)15(11)19(13(3)16(21)22-6)14(20)10-17-18(4)5/h7-9,13,17H,10H2,1-6H3. The molecule has 0 aliphatic heterocycles. The summed E-state index contributed by atoms with van der Waals surface area (Å²) in [6.45, 7) is 5.62. The predicted octanol–water partition coefficient (Wildman–Crippen LogP) is 1.26. The van der Waals surface area contributed by atoms with E-state index in [9.17, 15) is 9.59 Å². The molecule has 0 bridgehead atoms. The first-order valence-electron chi connectivity index (χ1n) is 7.16. The van der Waals surface area contributed by atoms with Crippen molar-refractivity contribution in [3.63, 3.8) is 0 Å². The maximum absolute atomic E-state index is 12.6. The molecule has 0 saturated heterocycles. The fourth-order valence-corrected chi connectivity index (χ4v) is 2.31. The highest BCUT2D eigenvalue weighted by Gasteiger charge is 2.29. The number of hydrogen-bond donors (Lipinski definition) is 1. The molecule has 0 fully saturated rings. The van der Waals surface area contributed by atoms with Crippen LogP contribution in [0.2, 0.25) is 0 Å². The zero-order valence-corrected chi connectivity index (χ0v) is 14.1. The Hall–Kier alpha value is -1.92. The van der Waals surface area contributed by atoms with E-state index in [1.165, 1.54) is 12.0 Å². The Kier molecular flexibility index (Phi) is 6.52. The van der Waals surface area contributed by atoms with Crippen molar-refractivity contribution >= 4 is 17.6 Å². The molecule has 1 amide bonds. The molecule has 0 spiro atoms. The Labute approximate surface area is 132 Å². The number of para-hydroxylation sites is 1. The number of hydrazine groups is 1. The minimum Gasteiger partial charge on any atom is -0.467 e. The minimum absolute atomic E-state index is 0.0993. The molecule has 122 valence electrons. The third-order valence-corrected chi connectivity index (χ3v) is 3.43. The first-order valence-corrected chi connectivity index (χ1v) is 7.16. The number of carbonyl (C=O) groups excluding carboxylic acids is 2. The summed E-state index contributed by atoms with van der Waals surface area (Å²) in [5.74, 6) is -0.634. The fraction of sp³-hybridized carbons (Fsp3) is 0.500. The van der Waals surface area contributed by atoms with Crippen molar-refractivity contribution in [2.75, 3.05) is 32.6 Å². The zero-order valence-electron chi connectivity index (χ0n) is 14.1. The van der Waals surface area contributed by atoms with E-state index in [2.05, 4.69) is 5.43 Å². The molecule has 1 N–H and O–H groups in total. The number of esters is 1. The highest BCUT2D eigenvalue weighted by Crippen LogP contribution is 2.27. The maximum Gasteiger partial charge on any atom is 0.328 e. The van der Waals surface area contributed by atoms with Crippen LogP contribution in [0.4, 0.5) is 5.69 Å². The Morgan fingerprint density at radius 2 is 1.77 bits per heavy atom. The van der Waals surface area contributed by atoms with Gasteiger partial charge in [0.05, 0.1) is 19.3 Å². The number of ether oxygens (including phenoxy) is 1. The lowest BCUT2D eigenvalue weighted by atomic mass is 10.1. The number of methoxy groups -OCH3 is 1. The number of carbonyl (C=O) groups is 2. The third kappa shape index (κ3) is 4.29. The van der Waals surface area contributed by atoms with E-state index in [-0.39, 0.29) is 12.5 Å². The highest BCUT2D eigenvalue weighted by atomic mass is 16.5. The van der Waals surface area contributed by atoms with E-state index in [1.807, 2.05) is 32.0 Å². The van der Waals surface area contributed by atoms with Gasteiger partial charge in [-0.15, -0.1) is 0 Å². The molecule has 0 aliphatic carbocycles. The number of rotatable bonds is 6. The van der Waals surface area contributed by atoms with E-state index in [1.54, 1.807) is 26.0 Å². The SMILES string of the molecule is COC(=O)C(C)N(C(=O)CNN(C)C)c1c(C)cccc1C. The van der Waals surface area contributed by atoms with E-state index >= 15 is 0 Å². The summed E-state index contributed by atoms with van der Waals surface area (Å²) in [6, 6.07) is 5.08. The second-order valence-corrected chi connectivity index (χ2v) is 5.43. The van der Waals surface area contributed by atoms with Gasteiger partial charge in [-0.25, -0.2) is 10.2 Å². The minimum atomic E-state index is -0.693. The largest absolute Gasteiger partial charge is 0.467 e. The summed E-state index contributed by atoms with van der Waals surface area (Å²) in [7, 11) is 4.94. The molecular formula is C16H25N3O3. The van der Waals surface area contributed by atoms with E-state index in [0.717, 1.165) is 16.8 Å². The van der Waals surface area contributed by atoms with Gasteiger partial charge < -0.3 is 4.74 Å². The summed E-state index contributed by atoms with van der Waals surface area (Å²) in [5, 5.41) is 1.70. The van der Waals surface area contributed by atoms with Crippen molar-refractivity contribution in [1.29, 1.82) is 0 Å². The predicted molar refractivity (Wildman–Crippen MR) is 86.6 cm³/mol. The first-order chi connectivity index (χ1) is 10.3. The average Bonchev–Trinajstić information content (AvgIpc) is 2.47. The smallest absolute Gasteiger partial charge is 0.328 e. The van der Waals surface area contributed by atoms with Gasteiger partial charge in [0, 0.05) is 14.1 Å². The second kappa shape index (κ2) is 7.91. The van der Waals surface area contributed by atoms with Crippen LogP contribution < -0.4 is 10.3 Å². The molecule has 1 aromatic rings. The van der Waals surface area contributed by atoms with Gasteiger partial charge >= 0.3 is 5.97 Å². The third-order valence-electron chi connectivity index (χ3n) is 3.43. The van der Waals surface area contributed by atoms with Crippen molar-refractivity contribution in [2.24, 2.45) is 0 Å². The Morgan fingerprint density at radius 3 is 2.23 bits per heavy atom. The van der Waals surface area contributed by atoms with Gasteiger partial charge in [0.1, 0.15) is 6.04 Å². The normalized spacial score (nSPS) is 12.1. The van der Waals surface area contributed by atoms with Gasteiger partial charge in [-0.2, -0.15) is 0 Å². The topological polar surface area (TPSA) is 61.9 Å². The number of hydrogen-bond acceptors (Lipinski definition) is 5. The van der Waals surface area contributed by atoms with Crippen LogP contribution in [0.1, 0.15) is 18.1 Å². The average molecular weight is 307 g/mol. The van der Waals surface area contributed by atoms with Gasteiger partial charge in [-0.3, -0.25) is 14.7 Å². The Morgan fingerprint density at radius 1 is 1.23 bits per heavy atom. The maximum atomic E-state index is 12.6. The molecule has 1 aromatic carbocycles. The second-order valence-electron chi connectivity index (χ2n) is 5.43. The lowest BCUT2D eigenvalue weighted by molar-refractivity contribution is -0.143. The molecule has 0 saturated carbocycles. The number of amides is 1. The molecule has 0 heterocycles. The van der Waals surface area contributed by atoms with Crippen molar-refractivity contribution in [1.82, 2.24) is 10.4 Å². The van der Waals surface area contributed by atoms with Crippen LogP contribution >= 0.6 is 0 Å². The molecule has 1 atom stereocenters. The summed E-state index contributed by atoms with van der Waals surface area (Å²) < 4.78 is 4.81. The highest BCUT2D eigenvalue weighted by molar-refractivity contribution is 6.01. The van der Waals surface area contributed by atoms with Gasteiger partial charge in [0.2, 0.25) is 5.91 Å². The van der Waals surface area contributed by atoms with E-state index in [4.69, 9.17) is 4.74 Å². The molecule has 6 nitrogen and oxygen atoms in total. The molecular weight excluding hydrogens is 282 g/mol. The van der Waals surface area contributed by atoms with Crippen LogP contribution in [-0.4, -0.2) is 50.7 Å². The summed E-state index contributed by atoms with van der Waals surface area (Å²) in [4.78, 5) is 26.1. The molecule has 0 radical (unpaired) electrons. The lowest BCUT2D eigenvalue weighted by Gasteiger charge is -2.31. The number of benzene rings is 1. The molecule has 0 aliphatic rings. The van der Waals surface area contributed by atoms with Crippen LogP contribution in [0, 0.1) is 13.8 Å². The number of nitrogens with one attached hydrogen (secondary N) is 1.